The molecule has 12 rings (SSSR count). The maximum Gasteiger partial charge on any atom is 0.238 e. The minimum absolute atomic E-state index is 0.542. The highest BCUT2D eigenvalue weighted by molar-refractivity contribution is 6.28. The predicted octanol–water partition coefficient (Wildman–Crippen LogP) is 13.0. The summed E-state index contributed by atoms with van der Waals surface area (Å²) in [6, 6.07) is 65.6. The summed E-state index contributed by atoms with van der Waals surface area (Å²) in [6.45, 7) is 0. The van der Waals surface area contributed by atoms with E-state index in [1.807, 2.05) is 48.5 Å². The van der Waals surface area contributed by atoms with Crippen molar-refractivity contribution >= 4 is 65.6 Å². The first-order valence-corrected chi connectivity index (χ1v) is 19.1. The Balaban J connectivity index is 1.25. The van der Waals surface area contributed by atoms with Crippen LogP contribution in [0.1, 0.15) is 0 Å². The van der Waals surface area contributed by atoms with Gasteiger partial charge in [0, 0.05) is 49.1 Å². The summed E-state index contributed by atoms with van der Waals surface area (Å²) in [5.74, 6) is 1.72. The van der Waals surface area contributed by atoms with Gasteiger partial charge in [0.25, 0.3) is 0 Å². The van der Waals surface area contributed by atoms with Gasteiger partial charge in [0.05, 0.1) is 22.1 Å². The molecule has 0 aliphatic heterocycles. The third-order valence-corrected chi connectivity index (χ3v) is 11.2. The van der Waals surface area contributed by atoms with E-state index in [9.17, 15) is 0 Å². The SMILES string of the molecule is c1ccc(-c2nc(-c3ccc4oc5ccccc5c4c3)nc(-n3c4ccccc4c4cc(-c5ccccc5)c5c6ccccc6n(-c6ccccc6)c5c43)n2)cc1. The van der Waals surface area contributed by atoms with Gasteiger partial charge in [-0.3, -0.25) is 4.57 Å². The summed E-state index contributed by atoms with van der Waals surface area (Å²) in [5.41, 5.74) is 11.1. The number of rotatable bonds is 5. The molecule has 0 aliphatic carbocycles. The Kier molecular flexibility index (Phi) is 6.83. The largest absolute Gasteiger partial charge is 0.456 e. The van der Waals surface area contributed by atoms with E-state index in [2.05, 4.69) is 149 Å². The topological polar surface area (TPSA) is 61.7 Å². The molecular formula is C51H31N5O. The van der Waals surface area contributed by atoms with Crippen LogP contribution in [0.5, 0.6) is 0 Å². The van der Waals surface area contributed by atoms with Gasteiger partial charge in [-0.15, -0.1) is 0 Å². The summed E-state index contributed by atoms with van der Waals surface area (Å²) in [6.07, 6.45) is 0. The van der Waals surface area contributed by atoms with Gasteiger partial charge in [0.2, 0.25) is 5.95 Å². The van der Waals surface area contributed by atoms with Gasteiger partial charge in [-0.25, -0.2) is 4.98 Å². The molecular weight excluding hydrogens is 699 g/mol. The van der Waals surface area contributed by atoms with Crippen molar-refractivity contribution in [2.24, 2.45) is 0 Å². The highest BCUT2D eigenvalue weighted by Gasteiger charge is 2.26. The van der Waals surface area contributed by atoms with Crippen molar-refractivity contribution in [2.75, 3.05) is 0 Å². The van der Waals surface area contributed by atoms with Gasteiger partial charge in [0.15, 0.2) is 11.6 Å². The fraction of sp³-hybridized carbons (Fsp3) is 0. The Morgan fingerprint density at radius 2 is 0.947 bits per heavy atom. The van der Waals surface area contributed by atoms with Crippen LogP contribution in [0.4, 0.5) is 0 Å². The number of fused-ring (bicyclic) bond motifs is 10. The molecule has 6 heteroatoms. The van der Waals surface area contributed by atoms with Gasteiger partial charge >= 0.3 is 0 Å². The van der Waals surface area contributed by atoms with E-state index >= 15 is 0 Å². The lowest BCUT2D eigenvalue weighted by Crippen LogP contribution is -2.07. The van der Waals surface area contributed by atoms with E-state index in [0.717, 1.165) is 77.2 Å². The molecule has 0 saturated heterocycles. The zero-order valence-corrected chi connectivity index (χ0v) is 30.5. The molecule has 0 bridgehead atoms. The van der Waals surface area contributed by atoms with Crippen molar-refractivity contribution in [3.63, 3.8) is 0 Å². The molecule has 0 N–H and O–H groups in total. The Bertz CT molecular complexity index is 3510. The van der Waals surface area contributed by atoms with E-state index in [4.69, 9.17) is 19.4 Å². The summed E-state index contributed by atoms with van der Waals surface area (Å²) >= 11 is 0. The van der Waals surface area contributed by atoms with E-state index in [1.165, 1.54) is 16.3 Å². The van der Waals surface area contributed by atoms with Crippen LogP contribution in [-0.2, 0) is 0 Å². The minimum Gasteiger partial charge on any atom is -0.456 e. The Labute approximate surface area is 326 Å². The van der Waals surface area contributed by atoms with E-state index in [-0.39, 0.29) is 0 Å². The van der Waals surface area contributed by atoms with E-state index < -0.39 is 0 Å². The third-order valence-electron chi connectivity index (χ3n) is 11.2. The normalized spacial score (nSPS) is 11.9. The van der Waals surface area contributed by atoms with Gasteiger partial charge < -0.3 is 8.98 Å². The van der Waals surface area contributed by atoms with Crippen molar-refractivity contribution in [1.29, 1.82) is 0 Å². The molecule has 12 aromatic rings. The second-order valence-corrected chi connectivity index (χ2v) is 14.4. The summed E-state index contributed by atoms with van der Waals surface area (Å²) in [5, 5.41) is 6.66. The maximum atomic E-state index is 6.21. The van der Waals surface area contributed by atoms with Gasteiger partial charge in [-0.2, -0.15) is 9.97 Å². The van der Waals surface area contributed by atoms with E-state index in [0.29, 0.717) is 17.6 Å². The highest BCUT2D eigenvalue weighted by atomic mass is 16.3. The van der Waals surface area contributed by atoms with Crippen LogP contribution in [-0.4, -0.2) is 24.1 Å². The Morgan fingerprint density at radius 1 is 0.368 bits per heavy atom. The molecule has 4 aromatic heterocycles. The van der Waals surface area contributed by atoms with Crippen LogP contribution >= 0.6 is 0 Å². The monoisotopic (exact) mass is 729 g/mol. The molecule has 0 spiro atoms. The van der Waals surface area contributed by atoms with Gasteiger partial charge in [-0.1, -0.05) is 133 Å². The van der Waals surface area contributed by atoms with Crippen LogP contribution in [0.3, 0.4) is 0 Å². The van der Waals surface area contributed by atoms with Crippen LogP contribution in [0.25, 0.3) is 111 Å². The van der Waals surface area contributed by atoms with Gasteiger partial charge in [0.1, 0.15) is 11.2 Å². The van der Waals surface area contributed by atoms with Crippen molar-refractivity contribution in [3.8, 4) is 45.5 Å². The molecule has 8 aromatic carbocycles. The lowest BCUT2D eigenvalue weighted by Gasteiger charge is -2.14. The number of benzene rings is 8. The van der Waals surface area contributed by atoms with Crippen molar-refractivity contribution in [2.45, 2.75) is 0 Å². The molecule has 0 amide bonds. The number of hydrogen-bond donors (Lipinski definition) is 0. The number of furan rings is 1. The standard InChI is InChI=1S/C51H31N5O/c1-4-16-32(17-5-1)39-31-41-36-22-10-13-25-42(36)56(47(41)48-46(39)38-24-11-14-26-43(38)55(48)35-20-8-3-9-21-35)51-53-49(33-18-6-2-7-19-33)52-50(54-51)34-28-29-45-40(30-34)37-23-12-15-27-44(37)57-45/h1-31H. The second kappa shape index (κ2) is 12.3. The second-order valence-electron chi connectivity index (χ2n) is 14.4. The fourth-order valence-electron chi connectivity index (χ4n) is 8.67. The Morgan fingerprint density at radius 3 is 1.70 bits per heavy atom. The zero-order valence-electron chi connectivity index (χ0n) is 30.5. The minimum atomic E-state index is 0.542. The summed E-state index contributed by atoms with van der Waals surface area (Å²) in [7, 11) is 0. The van der Waals surface area contributed by atoms with Gasteiger partial charge in [-0.05, 0) is 65.7 Å². The van der Waals surface area contributed by atoms with Crippen molar-refractivity contribution in [1.82, 2.24) is 24.1 Å². The predicted molar refractivity (Wildman–Crippen MR) is 232 cm³/mol. The smallest absolute Gasteiger partial charge is 0.238 e. The van der Waals surface area contributed by atoms with Crippen LogP contribution in [0, 0.1) is 0 Å². The van der Waals surface area contributed by atoms with Crippen molar-refractivity contribution in [3.05, 3.63) is 188 Å². The highest BCUT2D eigenvalue weighted by Crippen LogP contribution is 2.46. The molecule has 6 nitrogen and oxygen atoms in total. The van der Waals surface area contributed by atoms with Crippen LogP contribution in [0.2, 0.25) is 0 Å². The number of aromatic nitrogens is 5. The fourth-order valence-corrected chi connectivity index (χ4v) is 8.67. The Hall–Kier alpha value is -7.83. The summed E-state index contributed by atoms with van der Waals surface area (Å²) in [4.78, 5) is 15.9. The maximum absolute atomic E-state index is 6.21. The average molecular weight is 730 g/mol. The molecule has 4 heterocycles. The lowest BCUT2D eigenvalue weighted by molar-refractivity contribution is 0.669. The molecule has 0 saturated carbocycles. The van der Waals surface area contributed by atoms with Crippen LogP contribution in [0.15, 0.2) is 192 Å². The molecule has 266 valence electrons. The molecule has 0 fully saturated rings. The van der Waals surface area contributed by atoms with E-state index in [1.54, 1.807) is 0 Å². The quantitative estimate of drug-likeness (QED) is 0.177. The molecule has 0 atom stereocenters. The summed E-state index contributed by atoms with van der Waals surface area (Å²) < 4.78 is 10.9. The zero-order chi connectivity index (χ0) is 37.5. The number of hydrogen-bond acceptors (Lipinski definition) is 4. The first-order chi connectivity index (χ1) is 28.3. The van der Waals surface area contributed by atoms with Crippen molar-refractivity contribution < 1.29 is 4.42 Å². The number of para-hydroxylation sites is 4. The molecule has 0 aliphatic rings. The van der Waals surface area contributed by atoms with Crippen LogP contribution < -0.4 is 0 Å². The first-order valence-electron chi connectivity index (χ1n) is 19.1. The lowest BCUT2D eigenvalue weighted by atomic mass is 9.96. The molecule has 57 heavy (non-hydrogen) atoms. The molecule has 0 unspecified atom stereocenters. The number of nitrogens with zero attached hydrogens (tertiary/aromatic N) is 5. The first kappa shape index (κ1) is 31.5. The third kappa shape index (κ3) is 4.81. The molecule has 0 radical (unpaired) electrons. The average Bonchev–Trinajstić information content (AvgIpc) is 3.95.